The van der Waals surface area contributed by atoms with Crippen molar-refractivity contribution in [3.8, 4) is 0 Å². The summed E-state index contributed by atoms with van der Waals surface area (Å²) >= 11 is 0. The second kappa shape index (κ2) is 6.65. The molecule has 0 aliphatic carbocycles. The van der Waals surface area contributed by atoms with E-state index in [-0.39, 0.29) is 5.69 Å². The van der Waals surface area contributed by atoms with Crippen molar-refractivity contribution in [1.29, 1.82) is 0 Å². The molecule has 0 atom stereocenters. The molecule has 92 valence electrons. The van der Waals surface area contributed by atoms with Crippen LogP contribution in [-0.2, 0) is 4.74 Å². The molecule has 0 amide bonds. The van der Waals surface area contributed by atoms with E-state index in [9.17, 15) is 10.1 Å². The Labute approximate surface area is 100 Å². The first-order valence-electron chi connectivity index (χ1n) is 5.30. The summed E-state index contributed by atoms with van der Waals surface area (Å²) in [4.78, 5) is 10.3. The van der Waals surface area contributed by atoms with E-state index in [4.69, 9.17) is 4.74 Å². The van der Waals surface area contributed by atoms with Crippen molar-refractivity contribution in [2.24, 2.45) is 0 Å². The first-order chi connectivity index (χ1) is 8.11. The van der Waals surface area contributed by atoms with Gasteiger partial charge in [-0.1, -0.05) is 24.3 Å². The average Bonchev–Trinajstić information content (AvgIpc) is 2.28. The van der Waals surface area contributed by atoms with Crippen LogP contribution in [0.25, 0.3) is 0 Å². The molecule has 0 heterocycles. The molecule has 5 nitrogen and oxygen atoms in total. The first kappa shape index (κ1) is 13.2. The third kappa shape index (κ3) is 4.65. The normalized spacial score (nSPS) is 9.94. The highest BCUT2D eigenvalue weighted by Gasteiger charge is 2.10. The summed E-state index contributed by atoms with van der Waals surface area (Å²) in [5.41, 5.74) is 1.54. The van der Waals surface area contributed by atoms with Gasteiger partial charge >= 0.3 is 0 Å². The maximum absolute atomic E-state index is 10.7. The van der Waals surface area contributed by atoms with Crippen molar-refractivity contribution in [3.63, 3.8) is 0 Å². The molecule has 0 unspecified atom stereocenters. The van der Waals surface area contributed by atoms with Gasteiger partial charge in [-0.2, -0.15) is 0 Å². The van der Waals surface area contributed by atoms with Crippen LogP contribution in [-0.4, -0.2) is 24.7 Å². The lowest BCUT2D eigenvalue weighted by molar-refractivity contribution is -0.384. The van der Waals surface area contributed by atoms with Gasteiger partial charge in [0.05, 0.1) is 18.1 Å². The molecule has 0 saturated heterocycles. The fourth-order valence-corrected chi connectivity index (χ4v) is 1.29. The minimum absolute atomic E-state index is 0.0763. The smallest absolute Gasteiger partial charge is 0.292 e. The number of hydrogen-bond donors (Lipinski definition) is 1. The summed E-state index contributed by atoms with van der Waals surface area (Å²) in [6.45, 7) is 7.12. The van der Waals surface area contributed by atoms with Gasteiger partial charge in [-0.05, 0) is 13.0 Å². The van der Waals surface area contributed by atoms with Crippen LogP contribution < -0.4 is 5.32 Å². The second-order valence-corrected chi connectivity index (χ2v) is 3.71. The van der Waals surface area contributed by atoms with Crippen LogP contribution in [0.1, 0.15) is 6.92 Å². The lowest BCUT2D eigenvalue weighted by Crippen LogP contribution is -2.11. The first-order valence-corrected chi connectivity index (χ1v) is 5.30. The molecule has 0 spiro atoms. The molecule has 0 bridgehead atoms. The lowest BCUT2D eigenvalue weighted by Gasteiger charge is -2.07. The Morgan fingerprint density at radius 2 is 2.24 bits per heavy atom. The SMILES string of the molecule is C=C(C)COCCNc1ccccc1[N+](=O)[O-]. The van der Waals surface area contributed by atoms with Crippen molar-refractivity contribution in [3.05, 3.63) is 46.5 Å². The zero-order valence-corrected chi connectivity index (χ0v) is 9.81. The highest BCUT2D eigenvalue weighted by Crippen LogP contribution is 2.22. The standard InChI is InChI=1S/C12H16N2O3/c1-10(2)9-17-8-7-13-11-5-3-4-6-12(11)14(15)16/h3-6,13H,1,7-9H2,2H3. The van der Waals surface area contributed by atoms with Gasteiger partial charge in [0.15, 0.2) is 0 Å². The topological polar surface area (TPSA) is 64.4 Å². The minimum atomic E-state index is -0.406. The molecule has 1 rings (SSSR count). The van der Waals surface area contributed by atoms with Gasteiger partial charge in [-0.15, -0.1) is 0 Å². The number of nitrogens with one attached hydrogen (secondary N) is 1. The number of anilines is 1. The quantitative estimate of drug-likeness (QED) is 0.342. The van der Waals surface area contributed by atoms with Gasteiger partial charge in [-0.25, -0.2) is 0 Å². The van der Waals surface area contributed by atoms with Gasteiger partial charge in [0, 0.05) is 12.6 Å². The van der Waals surface area contributed by atoms with E-state index in [0.717, 1.165) is 5.57 Å². The Morgan fingerprint density at radius 1 is 1.53 bits per heavy atom. The van der Waals surface area contributed by atoms with Crippen molar-refractivity contribution in [2.45, 2.75) is 6.92 Å². The van der Waals surface area contributed by atoms with Crippen LogP contribution >= 0.6 is 0 Å². The van der Waals surface area contributed by atoms with Gasteiger partial charge in [0.1, 0.15) is 5.69 Å². The van der Waals surface area contributed by atoms with Crippen molar-refractivity contribution >= 4 is 11.4 Å². The summed E-state index contributed by atoms with van der Waals surface area (Å²) in [5.74, 6) is 0. The highest BCUT2D eigenvalue weighted by atomic mass is 16.6. The lowest BCUT2D eigenvalue weighted by atomic mass is 10.2. The summed E-state index contributed by atoms with van der Waals surface area (Å²) < 4.78 is 5.29. The number of benzene rings is 1. The van der Waals surface area contributed by atoms with E-state index in [0.29, 0.717) is 25.4 Å². The molecule has 0 fully saturated rings. The van der Waals surface area contributed by atoms with Gasteiger partial charge in [0.25, 0.3) is 5.69 Å². The summed E-state index contributed by atoms with van der Waals surface area (Å²) in [5, 5.41) is 13.7. The monoisotopic (exact) mass is 236 g/mol. The average molecular weight is 236 g/mol. The number of nitro groups is 1. The number of hydrogen-bond acceptors (Lipinski definition) is 4. The molecule has 0 saturated carbocycles. The summed E-state index contributed by atoms with van der Waals surface area (Å²) in [7, 11) is 0. The van der Waals surface area contributed by atoms with Crippen LogP contribution in [0, 0.1) is 10.1 Å². The van der Waals surface area contributed by atoms with Crippen LogP contribution in [0.4, 0.5) is 11.4 Å². The Morgan fingerprint density at radius 3 is 2.88 bits per heavy atom. The molecule has 1 aromatic carbocycles. The molecule has 0 aliphatic rings. The largest absolute Gasteiger partial charge is 0.377 e. The molecule has 17 heavy (non-hydrogen) atoms. The van der Waals surface area contributed by atoms with Gasteiger partial charge in [0.2, 0.25) is 0 Å². The van der Waals surface area contributed by atoms with E-state index in [1.807, 2.05) is 6.92 Å². The van der Waals surface area contributed by atoms with E-state index >= 15 is 0 Å². The zero-order chi connectivity index (χ0) is 12.7. The molecule has 1 N–H and O–H groups in total. The Bertz CT molecular complexity index is 404. The van der Waals surface area contributed by atoms with E-state index in [1.54, 1.807) is 18.2 Å². The van der Waals surface area contributed by atoms with Crippen LogP contribution in [0.5, 0.6) is 0 Å². The van der Waals surface area contributed by atoms with Crippen LogP contribution in [0.2, 0.25) is 0 Å². The molecule has 0 aromatic heterocycles. The van der Waals surface area contributed by atoms with Crippen LogP contribution in [0.15, 0.2) is 36.4 Å². The molecule has 0 radical (unpaired) electrons. The molecule has 5 heteroatoms. The number of rotatable bonds is 7. The zero-order valence-electron chi connectivity index (χ0n) is 9.81. The third-order valence-corrected chi connectivity index (χ3v) is 2.01. The van der Waals surface area contributed by atoms with Crippen molar-refractivity contribution < 1.29 is 9.66 Å². The number of nitrogens with zero attached hydrogens (tertiary/aromatic N) is 1. The number of nitro benzene ring substituents is 1. The van der Waals surface area contributed by atoms with Crippen molar-refractivity contribution in [2.75, 3.05) is 25.1 Å². The van der Waals surface area contributed by atoms with E-state index in [2.05, 4.69) is 11.9 Å². The fourth-order valence-electron chi connectivity index (χ4n) is 1.29. The molecule has 1 aromatic rings. The highest BCUT2D eigenvalue weighted by molar-refractivity contribution is 5.60. The Kier molecular flexibility index (Phi) is 5.16. The van der Waals surface area contributed by atoms with E-state index in [1.165, 1.54) is 6.07 Å². The minimum Gasteiger partial charge on any atom is -0.377 e. The predicted octanol–water partition coefficient (Wildman–Crippen LogP) is 2.60. The molecular formula is C12H16N2O3. The third-order valence-electron chi connectivity index (χ3n) is 2.01. The maximum atomic E-state index is 10.7. The predicted molar refractivity (Wildman–Crippen MR) is 67.2 cm³/mol. The molecule has 0 aliphatic heterocycles. The fraction of sp³-hybridized carbons (Fsp3) is 0.333. The number of para-hydroxylation sites is 2. The summed E-state index contributed by atoms with van der Waals surface area (Å²) in [6.07, 6.45) is 0. The number of ether oxygens (including phenoxy) is 1. The van der Waals surface area contributed by atoms with Gasteiger partial charge < -0.3 is 10.1 Å². The Hall–Kier alpha value is -1.88. The molecular weight excluding hydrogens is 220 g/mol. The maximum Gasteiger partial charge on any atom is 0.292 e. The van der Waals surface area contributed by atoms with E-state index < -0.39 is 4.92 Å². The van der Waals surface area contributed by atoms with Crippen LogP contribution in [0.3, 0.4) is 0 Å². The second-order valence-electron chi connectivity index (χ2n) is 3.71. The van der Waals surface area contributed by atoms with Gasteiger partial charge in [-0.3, -0.25) is 10.1 Å². The summed E-state index contributed by atoms with van der Waals surface area (Å²) in [6, 6.07) is 6.54. The Balaban J connectivity index is 2.41. The van der Waals surface area contributed by atoms with Crippen molar-refractivity contribution in [1.82, 2.24) is 0 Å².